The quantitative estimate of drug-likeness (QED) is 0.808. The highest BCUT2D eigenvalue weighted by atomic mass is 16.2. The van der Waals surface area contributed by atoms with Crippen LogP contribution in [0.4, 0.5) is 5.69 Å². The molecule has 1 N–H and O–H groups in total. The van der Waals surface area contributed by atoms with Gasteiger partial charge in [0.05, 0.1) is 0 Å². The third-order valence-electron chi connectivity index (χ3n) is 4.21. The lowest BCUT2D eigenvalue weighted by Gasteiger charge is -2.11. The Labute approximate surface area is 154 Å². The van der Waals surface area contributed by atoms with Gasteiger partial charge in [-0.15, -0.1) is 0 Å². The highest BCUT2D eigenvalue weighted by Gasteiger charge is 2.12. The third kappa shape index (κ3) is 5.02. The first-order valence-electron chi connectivity index (χ1n) is 8.50. The van der Waals surface area contributed by atoms with Crippen LogP contribution in [-0.4, -0.2) is 36.6 Å². The standard InChI is InChI=1S/C21H24N2O3/c1-14-8-9-16(12-15(14)2)19(24)10-11-20(25)22-18-7-5-6-17(13-18)21(26)23(3)4/h5-9,12-13H,10-11H2,1-4H3,(H,22,25). The van der Waals surface area contributed by atoms with Crippen molar-refractivity contribution in [1.29, 1.82) is 0 Å². The summed E-state index contributed by atoms with van der Waals surface area (Å²) in [6, 6.07) is 12.3. The van der Waals surface area contributed by atoms with Crippen LogP contribution < -0.4 is 5.32 Å². The molecule has 0 aliphatic carbocycles. The fourth-order valence-electron chi connectivity index (χ4n) is 2.50. The van der Waals surface area contributed by atoms with E-state index in [2.05, 4.69) is 5.32 Å². The number of benzene rings is 2. The van der Waals surface area contributed by atoms with Gasteiger partial charge in [0.25, 0.3) is 5.91 Å². The first-order chi connectivity index (χ1) is 12.3. The van der Waals surface area contributed by atoms with Crippen molar-refractivity contribution in [3.8, 4) is 0 Å². The highest BCUT2D eigenvalue weighted by molar-refractivity contribution is 6.01. The Kier molecular flexibility index (Phi) is 6.28. The summed E-state index contributed by atoms with van der Waals surface area (Å²) in [6.07, 6.45) is 0.238. The number of hydrogen-bond donors (Lipinski definition) is 1. The molecule has 0 bridgehead atoms. The molecule has 2 rings (SSSR count). The van der Waals surface area contributed by atoms with Gasteiger partial charge in [-0.25, -0.2) is 0 Å². The van der Waals surface area contributed by atoms with Gasteiger partial charge in [0.15, 0.2) is 5.78 Å². The first kappa shape index (κ1) is 19.4. The molecule has 2 aromatic carbocycles. The SMILES string of the molecule is Cc1ccc(C(=O)CCC(=O)Nc2cccc(C(=O)N(C)C)c2)cc1C. The van der Waals surface area contributed by atoms with Gasteiger partial charge in [0.1, 0.15) is 0 Å². The normalized spacial score (nSPS) is 10.3. The lowest BCUT2D eigenvalue weighted by atomic mass is 10.0. The smallest absolute Gasteiger partial charge is 0.253 e. The van der Waals surface area contributed by atoms with Crippen molar-refractivity contribution in [2.24, 2.45) is 0 Å². The van der Waals surface area contributed by atoms with Crippen LogP contribution in [0, 0.1) is 13.8 Å². The van der Waals surface area contributed by atoms with E-state index in [0.29, 0.717) is 16.8 Å². The molecule has 26 heavy (non-hydrogen) atoms. The fourth-order valence-corrected chi connectivity index (χ4v) is 2.50. The number of carbonyl (C=O) groups excluding carboxylic acids is 3. The van der Waals surface area contributed by atoms with E-state index < -0.39 is 0 Å². The average Bonchev–Trinajstić information content (AvgIpc) is 2.61. The van der Waals surface area contributed by atoms with E-state index in [0.717, 1.165) is 11.1 Å². The molecule has 136 valence electrons. The number of amides is 2. The predicted molar refractivity (Wildman–Crippen MR) is 103 cm³/mol. The number of aryl methyl sites for hydroxylation is 2. The van der Waals surface area contributed by atoms with Crippen molar-refractivity contribution < 1.29 is 14.4 Å². The van der Waals surface area contributed by atoms with Crippen LogP contribution in [0.5, 0.6) is 0 Å². The second kappa shape index (κ2) is 8.43. The van der Waals surface area contributed by atoms with Crippen LogP contribution in [-0.2, 0) is 4.79 Å². The lowest BCUT2D eigenvalue weighted by molar-refractivity contribution is -0.116. The molecule has 0 unspecified atom stereocenters. The molecule has 0 radical (unpaired) electrons. The maximum atomic E-state index is 12.3. The number of anilines is 1. The molecular formula is C21H24N2O3. The van der Waals surface area contributed by atoms with Gasteiger partial charge < -0.3 is 10.2 Å². The van der Waals surface area contributed by atoms with Crippen LogP contribution in [0.25, 0.3) is 0 Å². The molecule has 5 heteroatoms. The van der Waals surface area contributed by atoms with Gasteiger partial charge in [0.2, 0.25) is 5.91 Å². The van der Waals surface area contributed by atoms with Crippen LogP contribution in [0.2, 0.25) is 0 Å². The molecule has 0 atom stereocenters. The zero-order valence-corrected chi connectivity index (χ0v) is 15.6. The number of hydrogen-bond acceptors (Lipinski definition) is 3. The second-order valence-electron chi connectivity index (χ2n) is 6.55. The van der Waals surface area contributed by atoms with Crippen LogP contribution in [0.15, 0.2) is 42.5 Å². The number of rotatable bonds is 6. The maximum absolute atomic E-state index is 12.3. The van der Waals surface area contributed by atoms with E-state index in [9.17, 15) is 14.4 Å². The van der Waals surface area contributed by atoms with Crippen molar-refractivity contribution >= 4 is 23.3 Å². The Morgan fingerprint density at radius 1 is 0.885 bits per heavy atom. The van der Waals surface area contributed by atoms with E-state index in [1.165, 1.54) is 4.90 Å². The molecule has 5 nitrogen and oxygen atoms in total. The van der Waals surface area contributed by atoms with Crippen molar-refractivity contribution in [3.05, 3.63) is 64.7 Å². The van der Waals surface area contributed by atoms with Crippen LogP contribution in [0.3, 0.4) is 0 Å². The molecule has 0 aliphatic heterocycles. The topological polar surface area (TPSA) is 66.5 Å². The largest absolute Gasteiger partial charge is 0.345 e. The van der Waals surface area contributed by atoms with Crippen molar-refractivity contribution in [1.82, 2.24) is 4.90 Å². The Morgan fingerprint density at radius 2 is 1.62 bits per heavy atom. The molecule has 0 saturated heterocycles. The second-order valence-corrected chi connectivity index (χ2v) is 6.55. The van der Waals surface area contributed by atoms with Crippen molar-refractivity contribution in [2.75, 3.05) is 19.4 Å². The van der Waals surface area contributed by atoms with Gasteiger partial charge in [-0.05, 0) is 49.2 Å². The van der Waals surface area contributed by atoms with Crippen molar-refractivity contribution in [3.63, 3.8) is 0 Å². The summed E-state index contributed by atoms with van der Waals surface area (Å²) < 4.78 is 0. The van der Waals surface area contributed by atoms with E-state index in [1.807, 2.05) is 26.0 Å². The minimum absolute atomic E-state index is 0.0558. The summed E-state index contributed by atoms with van der Waals surface area (Å²) in [6.45, 7) is 3.95. The minimum Gasteiger partial charge on any atom is -0.345 e. The Hall–Kier alpha value is -2.95. The average molecular weight is 352 g/mol. The van der Waals surface area contributed by atoms with E-state index in [1.54, 1.807) is 44.4 Å². The molecule has 0 fully saturated rings. The van der Waals surface area contributed by atoms with E-state index in [-0.39, 0.29) is 30.4 Å². The van der Waals surface area contributed by atoms with Crippen LogP contribution >= 0.6 is 0 Å². The number of nitrogens with zero attached hydrogens (tertiary/aromatic N) is 1. The summed E-state index contributed by atoms with van der Waals surface area (Å²) in [5.41, 5.74) is 3.86. The molecule has 0 aromatic heterocycles. The molecule has 2 amide bonds. The number of nitrogens with one attached hydrogen (secondary N) is 1. The first-order valence-corrected chi connectivity index (χ1v) is 8.50. The maximum Gasteiger partial charge on any atom is 0.253 e. The van der Waals surface area contributed by atoms with E-state index in [4.69, 9.17) is 0 Å². The monoisotopic (exact) mass is 352 g/mol. The lowest BCUT2D eigenvalue weighted by Crippen LogP contribution is -2.22. The zero-order valence-electron chi connectivity index (χ0n) is 15.6. The third-order valence-corrected chi connectivity index (χ3v) is 4.21. The summed E-state index contributed by atoms with van der Waals surface area (Å²) in [4.78, 5) is 37.8. The van der Waals surface area contributed by atoms with Gasteiger partial charge in [0, 0.05) is 43.8 Å². The summed E-state index contributed by atoms with van der Waals surface area (Å²) in [5, 5.41) is 2.74. The number of ketones is 1. The van der Waals surface area contributed by atoms with Crippen molar-refractivity contribution in [2.45, 2.75) is 26.7 Å². The summed E-state index contributed by atoms with van der Waals surface area (Å²) in [5.74, 6) is -0.442. The van der Waals surface area contributed by atoms with Gasteiger partial charge in [-0.3, -0.25) is 14.4 Å². The Balaban J connectivity index is 1.94. The zero-order chi connectivity index (χ0) is 19.3. The number of carbonyl (C=O) groups is 3. The predicted octanol–water partition coefficient (Wildman–Crippen LogP) is 3.61. The molecule has 0 aliphatic rings. The molecule has 0 heterocycles. The molecule has 0 spiro atoms. The van der Waals surface area contributed by atoms with Gasteiger partial charge in [-0.2, -0.15) is 0 Å². The van der Waals surface area contributed by atoms with Gasteiger partial charge >= 0.3 is 0 Å². The minimum atomic E-state index is -0.253. The number of Topliss-reactive ketones (excluding diaryl/α,β-unsaturated/α-hetero) is 1. The fraction of sp³-hybridized carbons (Fsp3) is 0.286. The molecule has 0 saturated carbocycles. The Bertz CT molecular complexity index is 841. The highest BCUT2D eigenvalue weighted by Crippen LogP contribution is 2.15. The van der Waals surface area contributed by atoms with E-state index >= 15 is 0 Å². The molecular weight excluding hydrogens is 328 g/mol. The van der Waals surface area contributed by atoms with Gasteiger partial charge in [-0.1, -0.05) is 18.2 Å². The Morgan fingerprint density at radius 3 is 2.27 bits per heavy atom. The summed E-state index contributed by atoms with van der Waals surface area (Å²) in [7, 11) is 3.35. The molecule has 2 aromatic rings. The van der Waals surface area contributed by atoms with Crippen LogP contribution in [0.1, 0.15) is 44.7 Å². The summed E-state index contributed by atoms with van der Waals surface area (Å²) >= 11 is 0.